The van der Waals surface area contributed by atoms with Crippen molar-refractivity contribution in [2.75, 3.05) is 13.2 Å². The highest BCUT2D eigenvalue weighted by atomic mass is 16.5. The molecule has 7 heteroatoms. The van der Waals surface area contributed by atoms with E-state index in [1.54, 1.807) is 12.4 Å². The van der Waals surface area contributed by atoms with Crippen LogP contribution in [0.2, 0.25) is 0 Å². The van der Waals surface area contributed by atoms with Gasteiger partial charge in [0.15, 0.2) is 5.69 Å². The Kier molecular flexibility index (Phi) is 6.58. The monoisotopic (exact) mass is 371 g/mol. The number of fused-ring (bicyclic) bond motifs is 1. The third-order valence-corrected chi connectivity index (χ3v) is 4.86. The van der Waals surface area contributed by atoms with E-state index in [0.717, 1.165) is 36.9 Å². The number of pyridine rings is 1. The van der Waals surface area contributed by atoms with E-state index in [4.69, 9.17) is 4.74 Å². The smallest absolute Gasteiger partial charge is 0.272 e. The van der Waals surface area contributed by atoms with Crippen LogP contribution in [0.4, 0.5) is 0 Å². The normalized spacial score (nSPS) is 16.4. The van der Waals surface area contributed by atoms with Crippen LogP contribution in [-0.2, 0) is 31.2 Å². The van der Waals surface area contributed by atoms with Crippen LogP contribution in [-0.4, -0.2) is 46.0 Å². The van der Waals surface area contributed by atoms with Gasteiger partial charge in [-0.1, -0.05) is 0 Å². The maximum Gasteiger partial charge on any atom is 0.272 e. The van der Waals surface area contributed by atoms with Gasteiger partial charge in [-0.25, -0.2) is 0 Å². The minimum Gasteiger partial charge on any atom is -0.377 e. The summed E-state index contributed by atoms with van der Waals surface area (Å²) in [5, 5.41) is 11.0. The number of nitrogens with zero attached hydrogens (tertiary/aromatic N) is 3. The van der Waals surface area contributed by atoms with Gasteiger partial charge < -0.3 is 15.4 Å². The predicted octanol–water partition coefficient (Wildman–Crippen LogP) is 1.62. The molecular weight excluding hydrogens is 342 g/mol. The van der Waals surface area contributed by atoms with Crippen molar-refractivity contribution in [1.29, 1.82) is 0 Å². The molecule has 2 N–H and O–H groups in total. The van der Waals surface area contributed by atoms with Gasteiger partial charge in [0.05, 0.1) is 12.7 Å². The van der Waals surface area contributed by atoms with E-state index in [1.807, 2.05) is 37.7 Å². The summed E-state index contributed by atoms with van der Waals surface area (Å²) in [6.07, 6.45) is 6.50. The van der Waals surface area contributed by atoms with Crippen molar-refractivity contribution >= 4 is 5.91 Å². The summed E-state index contributed by atoms with van der Waals surface area (Å²) < 4.78 is 7.45. The SMILES string of the molecule is CC(C)OCCNC1CCc2c(c(C(=O)NCc3ccncc3)nn2C)C1. The fourth-order valence-electron chi connectivity index (χ4n) is 3.47. The van der Waals surface area contributed by atoms with Crippen molar-refractivity contribution in [2.45, 2.75) is 51.8 Å². The molecule has 0 aliphatic heterocycles. The van der Waals surface area contributed by atoms with Crippen LogP contribution in [0.5, 0.6) is 0 Å². The molecule has 2 aromatic rings. The molecule has 1 aliphatic rings. The lowest BCUT2D eigenvalue weighted by atomic mass is 9.91. The van der Waals surface area contributed by atoms with Crippen molar-refractivity contribution in [3.63, 3.8) is 0 Å². The number of nitrogens with one attached hydrogen (secondary N) is 2. The van der Waals surface area contributed by atoms with E-state index in [0.29, 0.717) is 24.9 Å². The quantitative estimate of drug-likeness (QED) is 0.689. The highest BCUT2D eigenvalue weighted by molar-refractivity contribution is 5.94. The van der Waals surface area contributed by atoms with Crippen LogP contribution < -0.4 is 10.6 Å². The van der Waals surface area contributed by atoms with Crippen LogP contribution >= 0.6 is 0 Å². The second-order valence-electron chi connectivity index (χ2n) is 7.25. The lowest BCUT2D eigenvalue weighted by molar-refractivity contribution is 0.0790. The van der Waals surface area contributed by atoms with E-state index in [9.17, 15) is 4.79 Å². The van der Waals surface area contributed by atoms with Gasteiger partial charge in [-0.2, -0.15) is 5.10 Å². The van der Waals surface area contributed by atoms with Crippen molar-refractivity contribution in [1.82, 2.24) is 25.4 Å². The summed E-state index contributed by atoms with van der Waals surface area (Å²) >= 11 is 0. The van der Waals surface area contributed by atoms with Crippen molar-refractivity contribution in [3.8, 4) is 0 Å². The number of carbonyl (C=O) groups excluding carboxylic acids is 1. The second kappa shape index (κ2) is 9.10. The summed E-state index contributed by atoms with van der Waals surface area (Å²) in [7, 11) is 1.92. The Morgan fingerprint density at radius 1 is 1.37 bits per heavy atom. The number of rotatable bonds is 8. The molecule has 7 nitrogen and oxygen atoms in total. The van der Waals surface area contributed by atoms with Gasteiger partial charge in [0.25, 0.3) is 5.91 Å². The Bertz CT molecular complexity index is 757. The molecule has 0 fully saturated rings. The minimum atomic E-state index is -0.118. The molecule has 2 heterocycles. The lowest BCUT2D eigenvalue weighted by Gasteiger charge is -2.24. The number of ether oxygens (including phenoxy) is 1. The van der Waals surface area contributed by atoms with Crippen LogP contribution in [0.3, 0.4) is 0 Å². The van der Waals surface area contributed by atoms with Crippen molar-refractivity contribution in [3.05, 3.63) is 47.0 Å². The molecule has 1 aliphatic carbocycles. The molecule has 27 heavy (non-hydrogen) atoms. The molecule has 146 valence electrons. The van der Waals surface area contributed by atoms with Crippen LogP contribution in [0.15, 0.2) is 24.5 Å². The Balaban J connectivity index is 1.60. The van der Waals surface area contributed by atoms with Gasteiger partial charge in [0, 0.05) is 49.8 Å². The van der Waals surface area contributed by atoms with Crippen LogP contribution in [0.1, 0.15) is 47.6 Å². The molecule has 1 atom stereocenters. The standard InChI is InChI=1S/C20H29N5O2/c1-14(2)27-11-10-22-16-4-5-18-17(12-16)19(24-25(18)3)20(26)23-13-15-6-8-21-9-7-15/h6-9,14,16,22H,4-5,10-13H2,1-3H3,(H,23,26). The van der Waals surface area contributed by atoms with Gasteiger partial charge in [-0.3, -0.25) is 14.5 Å². The average Bonchev–Trinajstić information content (AvgIpc) is 3.00. The Labute approximate surface area is 160 Å². The molecule has 0 saturated carbocycles. The summed E-state index contributed by atoms with van der Waals surface area (Å²) in [5.41, 5.74) is 3.80. The number of carbonyl (C=O) groups is 1. The largest absolute Gasteiger partial charge is 0.377 e. The van der Waals surface area contributed by atoms with Gasteiger partial charge in [-0.15, -0.1) is 0 Å². The van der Waals surface area contributed by atoms with Crippen molar-refractivity contribution < 1.29 is 9.53 Å². The fraction of sp³-hybridized carbons (Fsp3) is 0.550. The fourth-order valence-corrected chi connectivity index (χ4v) is 3.47. The summed E-state index contributed by atoms with van der Waals surface area (Å²) in [6.45, 7) is 6.08. The zero-order valence-corrected chi connectivity index (χ0v) is 16.4. The Hall–Kier alpha value is -2.25. The second-order valence-corrected chi connectivity index (χ2v) is 7.25. The summed E-state index contributed by atoms with van der Waals surface area (Å²) in [4.78, 5) is 16.7. The first-order valence-electron chi connectivity index (χ1n) is 9.61. The first-order valence-corrected chi connectivity index (χ1v) is 9.61. The number of aromatic nitrogens is 3. The summed E-state index contributed by atoms with van der Waals surface area (Å²) in [5.74, 6) is -0.118. The van der Waals surface area contributed by atoms with Gasteiger partial charge in [0.2, 0.25) is 0 Å². The topological polar surface area (TPSA) is 81.1 Å². The van der Waals surface area contributed by atoms with E-state index in [-0.39, 0.29) is 12.0 Å². The highest BCUT2D eigenvalue weighted by Crippen LogP contribution is 2.24. The summed E-state index contributed by atoms with van der Waals surface area (Å²) in [6, 6.07) is 4.14. The third-order valence-electron chi connectivity index (χ3n) is 4.86. The van der Waals surface area contributed by atoms with E-state index < -0.39 is 0 Å². The Morgan fingerprint density at radius 3 is 2.89 bits per heavy atom. The number of hydrogen-bond donors (Lipinski definition) is 2. The molecule has 0 saturated heterocycles. The first kappa shape index (κ1) is 19.5. The number of hydrogen-bond acceptors (Lipinski definition) is 5. The number of amides is 1. The van der Waals surface area contributed by atoms with E-state index in [1.165, 1.54) is 5.69 Å². The molecule has 1 unspecified atom stereocenters. The molecule has 1 amide bonds. The highest BCUT2D eigenvalue weighted by Gasteiger charge is 2.28. The average molecular weight is 371 g/mol. The number of aryl methyl sites for hydroxylation is 1. The van der Waals surface area contributed by atoms with Crippen LogP contribution in [0, 0.1) is 0 Å². The zero-order chi connectivity index (χ0) is 19.2. The van der Waals surface area contributed by atoms with Gasteiger partial charge in [0.1, 0.15) is 0 Å². The molecule has 0 bridgehead atoms. The Morgan fingerprint density at radius 2 is 2.15 bits per heavy atom. The maximum atomic E-state index is 12.7. The van der Waals surface area contributed by atoms with E-state index in [2.05, 4.69) is 20.7 Å². The molecule has 0 spiro atoms. The van der Waals surface area contributed by atoms with Gasteiger partial charge in [-0.05, 0) is 50.8 Å². The van der Waals surface area contributed by atoms with Crippen molar-refractivity contribution in [2.24, 2.45) is 7.05 Å². The van der Waals surface area contributed by atoms with Gasteiger partial charge >= 0.3 is 0 Å². The molecule has 3 rings (SSSR count). The molecule has 2 aromatic heterocycles. The third kappa shape index (κ3) is 5.14. The minimum absolute atomic E-state index is 0.118. The first-order chi connectivity index (χ1) is 13.0. The zero-order valence-electron chi connectivity index (χ0n) is 16.4. The van der Waals surface area contributed by atoms with E-state index >= 15 is 0 Å². The molecule has 0 radical (unpaired) electrons. The molecule has 0 aromatic carbocycles. The predicted molar refractivity (Wildman–Crippen MR) is 104 cm³/mol. The van der Waals surface area contributed by atoms with Crippen LogP contribution in [0.25, 0.3) is 0 Å². The maximum absolute atomic E-state index is 12.7. The lowest BCUT2D eigenvalue weighted by Crippen LogP contribution is -2.37. The molecular formula is C20H29N5O2.